The summed E-state index contributed by atoms with van der Waals surface area (Å²) in [6.07, 6.45) is 2.46. The number of amides is 2. The molecule has 2 amide bonds. The molecule has 0 unspecified atom stereocenters. The van der Waals surface area contributed by atoms with Gasteiger partial charge in [0, 0.05) is 23.7 Å². The molecule has 6 rings (SSSR count). The van der Waals surface area contributed by atoms with Crippen molar-refractivity contribution in [3.05, 3.63) is 87.2 Å². The first-order valence-corrected chi connectivity index (χ1v) is 12.2. The third-order valence-electron chi connectivity index (χ3n) is 5.97. The average molecular weight is 530 g/mol. The smallest absolute Gasteiger partial charge is 0.324 e. The van der Waals surface area contributed by atoms with Gasteiger partial charge in [-0.15, -0.1) is 0 Å². The van der Waals surface area contributed by atoms with Crippen LogP contribution in [0.3, 0.4) is 0 Å². The maximum atomic E-state index is 14.0. The number of hydrogen-bond donors (Lipinski definition) is 2. The van der Waals surface area contributed by atoms with Crippen LogP contribution in [0.2, 0.25) is 0 Å². The number of anilines is 2. The highest BCUT2D eigenvalue weighted by atomic mass is 32.1. The number of thiophene rings is 1. The molecule has 0 aliphatic carbocycles. The molecule has 188 valence electrons. The van der Waals surface area contributed by atoms with Crippen LogP contribution >= 0.6 is 11.3 Å². The van der Waals surface area contributed by atoms with Crippen LogP contribution in [0.1, 0.15) is 21.7 Å². The van der Waals surface area contributed by atoms with Crippen molar-refractivity contribution in [2.75, 3.05) is 10.6 Å². The van der Waals surface area contributed by atoms with E-state index in [1.54, 1.807) is 18.2 Å². The van der Waals surface area contributed by atoms with Crippen LogP contribution < -0.4 is 10.6 Å². The highest BCUT2D eigenvalue weighted by Gasteiger charge is 2.21. The highest BCUT2D eigenvalue weighted by Crippen LogP contribution is 2.32. The number of rotatable bonds is 5. The van der Waals surface area contributed by atoms with E-state index >= 15 is 0 Å². The lowest BCUT2D eigenvalue weighted by Gasteiger charge is -2.17. The zero-order valence-electron chi connectivity index (χ0n) is 19.3. The molecule has 1 aliphatic heterocycles. The molecule has 3 aromatic heterocycles. The molecule has 4 heterocycles. The predicted molar refractivity (Wildman–Crippen MR) is 138 cm³/mol. The van der Waals surface area contributed by atoms with Crippen molar-refractivity contribution in [2.45, 2.75) is 12.8 Å². The van der Waals surface area contributed by atoms with E-state index in [9.17, 15) is 24.1 Å². The Hall–Kier alpha value is -5.04. The van der Waals surface area contributed by atoms with Crippen LogP contribution in [0.15, 0.2) is 60.8 Å². The maximum Gasteiger partial charge on any atom is 0.324 e. The maximum absolute atomic E-state index is 14.0. The van der Waals surface area contributed by atoms with Crippen LogP contribution in [0.25, 0.3) is 28.1 Å². The van der Waals surface area contributed by atoms with Crippen molar-refractivity contribution >= 4 is 50.7 Å². The molecule has 0 bridgehead atoms. The summed E-state index contributed by atoms with van der Waals surface area (Å²) in [7, 11) is 0. The number of fused-ring (bicyclic) bond motifs is 2. The predicted octanol–water partition coefficient (Wildman–Crippen LogP) is 4.73. The van der Waals surface area contributed by atoms with Crippen LogP contribution in [-0.4, -0.2) is 36.5 Å². The van der Waals surface area contributed by atoms with Gasteiger partial charge in [-0.2, -0.15) is 5.10 Å². The van der Waals surface area contributed by atoms with E-state index in [0.717, 1.165) is 16.9 Å². The SMILES string of the molecule is O=C1CCc2ccc(-c3nc(NC(=O)c4ccc([N+](=O)[O-])s4)c4cnn(-c5cccc(F)c5)c4n3)cc2N1. The Kier molecular flexibility index (Phi) is 5.61. The Morgan fingerprint density at radius 1 is 1.13 bits per heavy atom. The summed E-state index contributed by atoms with van der Waals surface area (Å²) < 4.78 is 15.4. The third-order valence-corrected chi connectivity index (χ3v) is 7.01. The van der Waals surface area contributed by atoms with Crippen molar-refractivity contribution in [1.82, 2.24) is 19.7 Å². The van der Waals surface area contributed by atoms with Crippen molar-refractivity contribution in [1.29, 1.82) is 0 Å². The Morgan fingerprint density at radius 2 is 2.00 bits per heavy atom. The summed E-state index contributed by atoms with van der Waals surface area (Å²) in [5, 5.41) is 21.2. The van der Waals surface area contributed by atoms with E-state index in [1.807, 2.05) is 12.1 Å². The number of carbonyl (C=O) groups excluding carboxylic acids is 2. The number of nitrogens with zero attached hydrogens (tertiary/aromatic N) is 5. The Bertz CT molecular complexity index is 1780. The third kappa shape index (κ3) is 4.24. The van der Waals surface area contributed by atoms with Crippen molar-refractivity contribution < 1.29 is 18.9 Å². The fraction of sp³-hybridized carbons (Fsp3) is 0.0800. The first kappa shape index (κ1) is 23.4. The zero-order valence-corrected chi connectivity index (χ0v) is 20.2. The minimum absolute atomic E-state index is 0.0896. The minimum atomic E-state index is -0.592. The van der Waals surface area contributed by atoms with Crippen molar-refractivity contribution in [3.63, 3.8) is 0 Å². The lowest BCUT2D eigenvalue weighted by Crippen LogP contribution is -2.18. The van der Waals surface area contributed by atoms with E-state index < -0.39 is 16.6 Å². The largest absolute Gasteiger partial charge is 0.326 e. The molecule has 11 nitrogen and oxygen atoms in total. The molecule has 5 aromatic rings. The van der Waals surface area contributed by atoms with Gasteiger partial charge in [-0.3, -0.25) is 19.7 Å². The topological polar surface area (TPSA) is 145 Å². The first-order valence-electron chi connectivity index (χ1n) is 11.4. The molecular formula is C25H16FN7O4S. The van der Waals surface area contributed by atoms with E-state index in [2.05, 4.69) is 25.7 Å². The van der Waals surface area contributed by atoms with Gasteiger partial charge >= 0.3 is 5.00 Å². The van der Waals surface area contributed by atoms with Crippen LogP contribution in [-0.2, 0) is 11.2 Å². The second-order valence-corrected chi connectivity index (χ2v) is 9.50. The molecule has 0 saturated heterocycles. The number of nitro groups is 1. The van der Waals surface area contributed by atoms with Gasteiger partial charge in [-0.05, 0) is 42.3 Å². The van der Waals surface area contributed by atoms with Gasteiger partial charge in [0.05, 0.1) is 27.1 Å². The van der Waals surface area contributed by atoms with E-state index in [1.165, 1.54) is 35.1 Å². The van der Waals surface area contributed by atoms with Crippen molar-refractivity contribution in [2.24, 2.45) is 0 Å². The van der Waals surface area contributed by atoms with E-state index in [0.29, 0.717) is 40.8 Å². The van der Waals surface area contributed by atoms with Gasteiger partial charge < -0.3 is 10.6 Å². The molecule has 2 N–H and O–H groups in total. The first-order chi connectivity index (χ1) is 18.4. The molecule has 0 saturated carbocycles. The zero-order chi connectivity index (χ0) is 26.4. The summed E-state index contributed by atoms with van der Waals surface area (Å²) in [6.45, 7) is 0. The number of nitrogens with one attached hydrogen (secondary N) is 2. The van der Waals surface area contributed by atoms with Gasteiger partial charge in [-0.1, -0.05) is 29.5 Å². The number of carbonyl (C=O) groups is 2. The number of benzene rings is 2. The van der Waals surface area contributed by atoms with Crippen LogP contribution in [0.5, 0.6) is 0 Å². The minimum Gasteiger partial charge on any atom is -0.326 e. The lowest BCUT2D eigenvalue weighted by molar-refractivity contribution is -0.380. The summed E-state index contributed by atoms with van der Waals surface area (Å²) in [5.74, 6) is -0.793. The van der Waals surface area contributed by atoms with Gasteiger partial charge in [0.2, 0.25) is 5.91 Å². The number of aryl methyl sites for hydroxylation is 1. The highest BCUT2D eigenvalue weighted by molar-refractivity contribution is 7.17. The number of aromatic nitrogens is 4. The molecule has 0 atom stereocenters. The Balaban J connectivity index is 1.48. The molecule has 2 aromatic carbocycles. The van der Waals surface area contributed by atoms with Crippen molar-refractivity contribution in [3.8, 4) is 17.1 Å². The fourth-order valence-electron chi connectivity index (χ4n) is 4.16. The molecule has 0 fully saturated rings. The van der Waals surface area contributed by atoms with Crippen LogP contribution in [0.4, 0.5) is 20.9 Å². The van der Waals surface area contributed by atoms with E-state index in [-0.39, 0.29) is 27.4 Å². The monoisotopic (exact) mass is 529 g/mol. The van der Waals surface area contributed by atoms with Gasteiger partial charge in [0.1, 0.15) is 11.6 Å². The van der Waals surface area contributed by atoms with Crippen LogP contribution in [0, 0.1) is 15.9 Å². The molecule has 38 heavy (non-hydrogen) atoms. The Morgan fingerprint density at radius 3 is 2.79 bits per heavy atom. The second-order valence-electron chi connectivity index (χ2n) is 8.44. The number of hydrogen-bond acceptors (Lipinski definition) is 8. The fourth-order valence-corrected chi connectivity index (χ4v) is 4.87. The molecule has 0 spiro atoms. The summed E-state index contributed by atoms with van der Waals surface area (Å²) in [5.41, 5.74) is 2.91. The van der Waals surface area contributed by atoms with Gasteiger partial charge in [0.15, 0.2) is 11.5 Å². The average Bonchev–Trinajstić information content (AvgIpc) is 3.56. The molecule has 1 aliphatic rings. The lowest BCUT2D eigenvalue weighted by atomic mass is 10.0. The summed E-state index contributed by atoms with van der Waals surface area (Å²) in [4.78, 5) is 44.7. The second kappa shape index (κ2) is 9.12. The summed E-state index contributed by atoms with van der Waals surface area (Å²) in [6, 6.07) is 13.9. The molecular weight excluding hydrogens is 513 g/mol. The quantitative estimate of drug-likeness (QED) is 0.247. The normalized spacial score (nSPS) is 12.7. The Labute approximate surface area is 217 Å². The standard InChI is InChI=1S/C25H16FN7O4S/c26-15-2-1-3-16(11-15)32-24-17(12-27-32)23(31-25(35)19-7-9-21(38-19)33(36)37)29-22(30-24)14-5-4-13-6-8-20(34)28-18(13)10-14/h1-5,7,9-12H,6,8H2,(H,28,34)(H,29,30,31,35). The van der Waals surface area contributed by atoms with Gasteiger partial charge in [0.25, 0.3) is 5.91 Å². The molecule has 13 heteroatoms. The molecule has 0 radical (unpaired) electrons. The van der Waals surface area contributed by atoms with Gasteiger partial charge in [-0.25, -0.2) is 19.0 Å². The number of halogens is 1. The summed E-state index contributed by atoms with van der Waals surface area (Å²) >= 11 is 0.736. The van der Waals surface area contributed by atoms with E-state index in [4.69, 9.17) is 0 Å².